The minimum absolute atomic E-state index is 0.570. The maximum atomic E-state index is 4.34. The quantitative estimate of drug-likeness (QED) is 0.688. The molecule has 0 aliphatic rings. The molecular weight excluding hydrogens is 276 g/mol. The number of allylic oxidation sites excluding steroid dienone is 2. The summed E-state index contributed by atoms with van der Waals surface area (Å²) in [4.78, 5) is 0. The second-order valence-electron chi connectivity index (χ2n) is 6.26. The first-order valence-corrected chi connectivity index (χ1v) is 8.59. The van der Waals surface area contributed by atoms with E-state index in [1.54, 1.807) is 0 Å². The molecule has 2 rings (SSSR count). The normalized spacial score (nSPS) is 13.8. The molecule has 2 aromatic carbocycles. The number of rotatable bonds is 5. The van der Waals surface area contributed by atoms with Crippen molar-refractivity contribution < 1.29 is 0 Å². The predicted octanol–water partition coefficient (Wildman–Crippen LogP) is 5.46. The fourth-order valence-corrected chi connectivity index (χ4v) is 3.05. The third kappa shape index (κ3) is 3.32. The van der Waals surface area contributed by atoms with E-state index in [0.717, 1.165) is 18.1 Å². The van der Waals surface area contributed by atoms with E-state index in [9.17, 15) is 0 Å². The van der Waals surface area contributed by atoms with E-state index in [4.69, 9.17) is 0 Å². The summed E-state index contributed by atoms with van der Waals surface area (Å²) < 4.78 is 0. The molecule has 0 radical (unpaired) electrons. The molecule has 0 aromatic heterocycles. The molecule has 1 unspecified atom stereocenters. The molecule has 0 spiro atoms. The van der Waals surface area contributed by atoms with Crippen molar-refractivity contribution in [3.8, 4) is 0 Å². The number of hydrogen-bond acceptors (Lipinski definition) is 0. The van der Waals surface area contributed by atoms with Crippen LogP contribution in [0.4, 0.5) is 0 Å². The lowest BCUT2D eigenvalue weighted by atomic mass is 9.90. The van der Waals surface area contributed by atoms with Crippen molar-refractivity contribution >= 4 is 29.5 Å². The SMILES string of the molecule is C=C/C=c1\c(=C)c(C)c(/C=C\CC)c2ccc(C(C)CC)cc12. The zero-order valence-electron chi connectivity index (χ0n) is 14.9. The highest BCUT2D eigenvalue weighted by atomic mass is 14.1. The van der Waals surface area contributed by atoms with Gasteiger partial charge in [0, 0.05) is 0 Å². The number of fused-ring (bicyclic) bond motifs is 1. The summed E-state index contributed by atoms with van der Waals surface area (Å²) in [5, 5.41) is 4.90. The zero-order chi connectivity index (χ0) is 17.0. The molecule has 120 valence electrons. The maximum Gasteiger partial charge on any atom is -0.00966 e. The summed E-state index contributed by atoms with van der Waals surface area (Å²) in [6.07, 6.45) is 10.6. The van der Waals surface area contributed by atoms with Crippen molar-refractivity contribution in [3.05, 3.63) is 64.1 Å². The topological polar surface area (TPSA) is 0 Å². The highest BCUT2D eigenvalue weighted by Crippen LogP contribution is 2.25. The van der Waals surface area contributed by atoms with Crippen molar-refractivity contribution in [1.82, 2.24) is 0 Å². The van der Waals surface area contributed by atoms with Crippen LogP contribution in [-0.4, -0.2) is 0 Å². The van der Waals surface area contributed by atoms with Crippen LogP contribution in [0.5, 0.6) is 0 Å². The van der Waals surface area contributed by atoms with Gasteiger partial charge in [0.2, 0.25) is 0 Å². The third-order valence-electron chi connectivity index (χ3n) is 4.79. The Morgan fingerprint density at radius 3 is 2.52 bits per heavy atom. The van der Waals surface area contributed by atoms with Gasteiger partial charge in [-0.1, -0.05) is 76.4 Å². The molecule has 0 amide bonds. The lowest BCUT2D eigenvalue weighted by Gasteiger charge is -2.14. The first kappa shape index (κ1) is 17.3. The Morgan fingerprint density at radius 2 is 1.91 bits per heavy atom. The maximum absolute atomic E-state index is 4.34. The number of benzene rings is 2. The van der Waals surface area contributed by atoms with Crippen LogP contribution in [0.15, 0.2) is 36.9 Å². The minimum atomic E-state index is 0.570. The summed E-state index contributed by atoms with van der Waals surface area (Å²) in [5.74, 6) is 0.570. The Balaban J connectivity index is 2.96. The van der Waals surface area contributed by atoms with E-state index in [2.05, 4.69) is 77.3 Å². The van der Waals surface area contributed by atoms with Gasteiger partial charge >= 0.3 is 0 Å². The van der Waals surface area contributed by atoms with E-state index in [-0.39, 0.29) is 0 Å². The molecule has 0 N–H and O–H groups in total. The molecule has 0 bridgehead atoms. The Hall–Kier alpha value is -2.08. The average molecular weight is 304 g/mol. The fraction of sp³-hybridized carbons (Fsp3) is 0.304. The molecule has 2 aromatic rings. The first-order chi connectivity index (χ1) is 11.0. The second kappa shape index (κ2) is 7.46. The molecule has 0 heterocycles. The van der Waals surface area contributed by atoms with Gasteiger partial charge in [-0.25, -0.2) is 0 Å². The average Bonchev–Trinajstić information content (AvgIpc) is 2.57. The summed E-state index contributed by atoms with van der Waals surface area (Å²) in [6, 6.07) is 6.90. The van der Waals surface area contributed by atoms with Crippen molar-refractivity contribution in [2.45, 2.75) is 46.5 Å². The summed E-state index contributed by atoms with van der Waals surface area (Å²) in [7, 11) is 0. The Kier molecular flexibility index (Phi) is 5.60. The lowest BCUT2D eigenvalue weighted by molar-refractivity contribution is 0.734. The molecule has 0 heteroatoms. The highest BCUT2D eigenvalue weighted by Gasteiger charge is 2.09. The van der Waals surface area contributed by atoms with Crippen LogP contribution < -0.4 is 10.4 Å². The minimum Gasteiger partial charge on any atom is -0.0990 e. The smallest absolute Gasteiger partial charge is 0.00966 e. The largest absolute Gasteiger partial charge is 0.0990 e. The van der Waals surface area contributed by atoms with Crippen LogP contribution in [-0.2, 0) is 0 Å². The predicted molar refractivity (Wildman–Crippen MR) is 106 cm³/mol. The third-order valence-corrected chi connectivity index (χ3v) is 4.79. The molecule has 1 atom stereocenters. The molecule has 0 nitrogen and oxygen atoms in total. The zero-order valence-corrected chi connectivity index (χ0v) is 14.9. The standard InChI is InChI=1S/C23H28/c1-7-10-12-21-18(6)17(5)20(11-8-2)23-15-19(16(4)9-3)13-14-22(21)23/h8,10-16H,2,5,7,9H2,1,3-4,6H3/b12-10-,20-11+. The van der Waals surface area contributed by atoms with Gasteiger partial charge in [0.1, 0.15) is 0 Å². The van der Waals surface area contributed by atoms with Gasteiger partial charge in [-0.2, -0.15) is 0 Å². The van der Waals surface area contributed by atoms with Gasteiger partial charge < -0.3 is 0 Å². The highest BCUT2D eigenvalue weighted by molar-refractivity contribution is 5.93. The molecular formula is C23H28. The van der Waals surface area contributed by atoms with Crippen LogP contribution >= 0.6 is 0 Å². The molecule has 0 saturated carbocycles. The molecule has 0 aliphatic carbocycles. The van der Waals surface area contributed by atoms with Gasteiger partial charge in [0.05, 0.1) is 0 Å². The van der Waals surface area contributed by atoms with Gasteiger partial charge in [0.15, 0.2) is 0 Å². The van der Waals surface area contributed by atoms with E-state index in [1.165, 1.54) is 32.7 Å². The van der Waals surface area contributed by atoms with Gasteiger partial charge in [-0.15, -0.1) is 0 Å². The van der Waals surface area contributed by atoms with Crippen molar-refractivity contribution in [1.29, 1.82) is 0 Å². The number of hydrogen-bond donors (Lipinski definition) is 0. The fourth-order valence-electron chi connectivity index (χ4n) is 3.05. The van der Waals surface area contributed by atoms with E-state index >= 15 is 0 Å². The van der Waals surface area contributed by atoms with Crippen molar-refractivity contribution in [2.75, 3.05) is 0 Å². The lowest BCUT2D eigenvalue weighted by Crippen LogP contribution is -2.28. The van der Waals surface area contributed by atoms with Gasteiger partial charge in [0.25, 0.3) is 0 Å². The second-order valence-corrected chi connectivity index (χ2v) is 6.26. The van der Waals surface area contributed by atoms with Crippen LogP contribution in [0.3, 0.4) is 0 Å². The van der Waals surface area contributed by atoms with Gasteiger partial charge in [-0.3, -0.25) is 0 Å². The van der Waals surface area contributed by atoms with Crippen LogP contribution in [0.25, 0.3) is 29.5 Å². The van der Waals surface area contributed by atoms with Crippen molar-refractivity contribution in [3.63, 3.8) is 0 Å². The first-order valence-electron chi connectivity index (χ1n) is 8.59. The molecule has 23 heavy (non-hydrogen) atoms. The van der Waals surface area contributed by atoms with Crippen LogP contribution in [0.1, 0.15) is 56.2 Å². The Bertz CT molecular complexity index is 850. The van der Waals surface area contributed by atoms with Gasteiger partial charge in [-0.05, 0) is 63.6 Å². The monoisotopic (exact) mass is 304 g/mol. The van der Waals surface area contributed by atoms with Crippen molar-refractivity contribution in [2.24, 2.45) is 0 Å². The van der Waals surface area contributed by atoms with Crippen LogP contribution in [0.2, 0.25) is 0 Å². The molecule has 0 saturated heterocycles. The molecule has 0 aliphatic heterocycles. The Morgan fingerprint density at radius 1 is 1.17 bits per heavy atom. The van der Waals surface area contributed by atoms with E-state index in [1.807, 2.05) is 6.08 Å². The van der Waals surface area contributed by atoms with E-state index < -0.39 is 0 Å². The van der Waals surface area contributed by atoms with E-state index in [0.29, 0.717) is 5.92 Å². The molecule has 0 fully saturated rings. The summed E-state index contributed by atoms with van der Waals surface area (Å²) in [6.45, 7) is 17.1. The van der Waals surface area contributed by atoms with Crippen LogP contribution in [0, 0.1) is 6.92 Å². The summed E-state index contributed by atoms with van der Waals surface area (Å²) >= 11 is 0. The summed E-state index contributed by atoms with van der Waals surface area (Å²) in [5.41, 5.74) is 3.95. The Labute approximate surface area is 140 Å².